The minimum absolute atomic E-state index is 0.124. The van der Waals surface area contributed by atoms with Gasteiger partial charge in [0.1, 0.15) is 6.04 Å². The minimum atomic E-state index is -5.08. The Hall–Kier alpha value is -4.55. The molecule has 19 heteroatoms. The molecule has 0 radical (unpaired) electrons. The predicted molar refractivity (Wildman–Crippen MR) is 203 cm³/mol. The number of aliphatic carboxylic acids is 1. The summed E-state index contributed by atoms with van der Waals surface area (Å²) in [5.41, 5.74) is 3.91. The summed E-state index contributed by atoms with van der Waals surface area (Å²) in [6, 6.07) is 13.4. The Morgan fingerprint density at radius 2 is 1.59 bits per heavy atom. The minimum Gasteiger partial charge on any atom is -0.483 e. The maximum Gasteiger partial charge on any atom is 0.490 e. The number of aromatic nitrogens is 1. The number of fused-ring (bicyclic) bond motifs is 2. The first kappa shape index (κ1) is 49.5. The van der Waals surface area contributed by atoms with Gasteiger partial charge in [-0.25, -0.2) is 9.59 Å². The fourth-order valence-corrected chi connectivity index (χ4v) is 6.58. The average molecular weight is 825 g/mol. The van der Waals surface area contributed by atoms with Gasteiger partial charge in [-0.2, -0.15) is 26.3 Å². The number of nitrogens with zero attached hydrogens (tertiary/aromatic N) is 3. The molecule has 2 unspecified atom stereocenters. The summed E-state index contributed by atoms with van der Waals surface area (Å²) in [5.74, 6) is -2.92. The van der Waals surface area contributed by atoms with Crippen LogP contribution in [0.4, 0.5) is 36.8 Å². The number of carbonyl (C=O) groups is 4. The molecular formula is C37H51ClF6N6O6. The zero-order valence-corrected chi connectivity index (χ0v) is 33.0. The van der Waals surface area contributed by atoms with Crippen LogP contribution in [0.15, 0.2) is 48.7 Å². The van der Waals surface area contributed by atoms with Crippen LogP contribution in [-0.4, -0.2) is 121 Å². The zero-order valence-electron chi connectivity index (χ0n) is 32.2. The van der Waals surface area contributed by atoms with Gasteiger partial charge < -0.3 is 35.6 Å². The number of para-hydroxylation sites is 1. The van der Waals surface area contributed by atoms with Gasteiger partial charge >= 0.3 is 24.9 Å². The van der Waals surface area contributed by atoms with Crippen molar-refractivity contribution in [1.29, 1.82) is 0 Å². The molecule has 1 aliphatic rings. The van der Waals surface area contributed by atoms with E-state index >= 15 is 0 Å². The molecule has 56 heavy (non-hydrogen) atoms. The number of carbonyl (C=O) groups excluding carboxylic acids is 2. The molecule has 2 heterocycles. The number of H-pyrrole nitrogens is 1. The second-order valence-corrected chi connectivity index (χ2v) is 14.0. The van der Waals surface area contributed by atoms with Crippen molar-refractivity contribution in [2.75, 3.05) is 45.2 Å². The van der Waals surface area contributed by atoms with Crippen LogP contribution in [0, 0.1) is 5.92 Å². The van der Waals surface area contributed by atoms with Crippen molar-refractivity contribution in [3.63, 3.8) is 0 Å². The lowest BCUT2D eigenvalue weighted by Crippen LogP contribution is -2.56. The highest BCUT2D eigenvalue weighted by atomic mass is 35.5. The molecule has 0 aliphatic carbocycles. The number of hydrogen-bond acceptors (Lipinski definition) is 6. The topological polar surface area (TPSA) is 158 Å². The molecule has 314 valence electrons. The number of amides is 3. The Morgan fingerprint density at radius 3 is 2.11 bits per heavy atom. The number of carboxylic acid groups (broad SMARTS) is 2. The van der Waals surface area contributed by atoms with Crippen molar-refractivity contribution in [2.45, 2.75) is 77.9 Å². The maximum absolute atomic E-state index is 14.6. The highest BCUT2D eigenvalue weighted by Gasteiger charge is 2.39. The molecule has 0 fully saturated rings. The number of halogens is 7. The molecule has 1 aromatic heterocycles. The Labute approximate surface area is 327 Å². The summed E-state index contributed by atoms with van der Waals surface area (Å²) < 4.78 is 60.7. The van der Waals surface area contributed by atoms with Gasteiger partial charge in [-0.1, -0.05) is 36.7 Å². The van der Waals surface area contributed by atoms with E-state index in [1.54, 1.807) is 0 Å². The van der Waals surface area contributed by atoms with Crippen LogP contribution in [0.25, 0.3) is 10.9 Å². The number of rotatable bonds is 11. The maximum atomic E-state index is 14.6. The van der Waals surface area contributed by atoms with Gasteiger partial charge in [0.05, 0.1) is 0 Å². The lowest BCUT2D eigenvalue weighted by molar-refractivity contribution is -0.192. The second kappa shape index (κ2) is 23.5. The fraction of sp³-hybridized carbons (Fsp3) is 0.514. The van der Waals surface area contributed by atoms with Crippen molar-refractivity contribution in [1.82, 2.24) is 25.4 Å². The van der Waals surface area contributed by atoms with Crippen LogP contribution in [0.2, 0.25) is 5.02 Å². The van der Waals surface area contributed by atoms with Crippen molar-refractivity contribution < 1.29 is 55.7 Å². The van der Waals surface area contributed by atoms with E-state index in [-0.39, 0.29) is 30.2 Å². The molecule has 3 amide bonds. The molecule has 0 saturated carbocycles. The number of urea groups is 1. The highest BCUT2D eigenvalue weighted by Crippen LogP contribution is 2.35. The number of aromatic amines is 1. The van der Waals surface area contributed by atoms with E-state index in [9.17, 15) is 35.9 Å². The molecule has 1 aliphatic heterocycles. The molecule has 4 rings (SSSR count). The van der Waals surface area contributed by atoms with Crippen LogP contribution < -0.4 is 15.5 Å². The van der Waals surface area contributed by atoms with E-state index < -0.39 is 24.9 Å². The lowest BCUT2D eigenvalue weighted by atomic mass is 9.88. The van der Waals surface area contributed by atoms with Crippen LogP contribution in [0.3, 0.4) is 0 Å². The third kappa shape index (κ3) is 16.3. The largest absolute Gasteiger partial charge is 0.490 e. The summed E-state index contributed by atoms with van der Waals surface area (Å²) in [5, 5.41) is 21.8. The Kier molecular flexibility index (Phi) is 20.8. The normalized spacial score (nSPS) is 14.8. The molecule has 0 saturated heterocycles. The summed E-state index contributed by atoms with van der Waals surface area (Å²) in [4.78, 5) is 54.9. The molecule has 5 N–H and O–H groups in total. The summed E-state index contributed by atoms with van der Waals surface area (Å²) in [7, 11) is 4.10. The molecule has 0 spiro atoms. The summed E-state index contributed by atoms with van der Waals surface area (Å²) >= 11 is 6.39. The van der Waals surface area contributed by atoms with E-state index in [2.05, 4.69) is 59.2 Å². The standard InChI is InChI=1S/C33H47ClN6O2.C2HF3O2.CHF3.CH2O2/c1-21(2)39(22(3)4)15-14-35-33(42)37-31(23(5)28-18-36-29-11-9-8-10-27(28)29)32(41)40-20-24(19-38(6)7)16-25-17-26(34)12-13-30(25)40;3-2(4,5)1(6)7;2-1(3)4;2-1-3/h8-13,17-18,21-24,31,36H,14-16,19-20H2,1-7H3,(H2,35,37,42);(H,6,7);1H;1H,(H,2,3)/t23?,24-,31?;;;/m1.../s1. The number of anilines is 1. The van der Waals surface area contributed by atoms with Gasteiger partial charge in [-0.3, -0.25) is 14.5 Å². The van der Waals surface area contributed by atoms with E-state index in [0.717, 1.165) is 47.2 Å². The Bertz CT molecular complexity index is 1680. The number of hydrogen-bond donors (Lipinski definition) is 5. The smallest absolute Gasteiger partial charge is 0.483 e. The van der Waals surface area contributed by atoms with E-state index in [1.165, 1.54) is 0 Å². The SMILES string of the molecule is CC(c1c[nH]c2ccccc12)C(NC(=O)NCCN(C(C)C)C(C)C)C(=O)N1C[C@@H](CN(C)C)Cc2cc(Cl)ccc21.FC(F)F.O=C(O)C(F)(F)F.O=CO. The van der Waals surface area contributed by atoms with Gasteiger partial charge in [0.2, 0.25) is 5.91 Å². The van der Waals surface area contributed by atoms with Gasteiger partial charge in [-0.05, 0) is 89.5 Å². The van der Waals surface area contributed by atoms with Crippen molar-refractivity contribution >= 4 is 52.6 Å². The third-order valence-electron chi connectivity index (χ3n) is 8.56. The molecular weight excluding hydrogens is 774 g/mol. The van der Waals surface area contributed by atoms with Crippen LogP contribution in [0.5, 0.6) is 0 Å². The van der Waals surface area contributed by atoms with Crippen molar-refractivity contribution in [3.8, 4) is 0 Å². The fourth-order valence-electron chi connectivity index (χ4n) is 6.38. The second-order valence-electron chi connectivity index (χ2n) is 13.6. The molecule has 2 aromatic carbocycles. The third-order valence-corrected chi connectivity index (χ3v) is 8.80. The number of alkyl halides is 6. The number of benzene rings is 2. The van der Waals surface area contributed by atoms with E-state index in [4.69, 9.17) is 31.4 Å². The molecule has 12 nitrogen and oxygen atoms in total. The predicted octanol–water partition coefficient (Wildman–Crippen LogP) is 6.99. The Morgan fingerprint density at radius 1 is 1.04 bits per heavy atom. The van der Waals surface area contributed by atoms with Gasteiger partial charge in [0.25, 0.3) is 6.47 Å². The Balaban J connectivity index is 0.000000961. The quantitative estimate of drug-likeness (QED) is 0.102. The first-order valence-corrected chi connectivity index (χ1v) is 17.8. The zero-order chi connectivity index (χ0) is 42.9. The van der Waals surface area contributed by atoms with E-state index in [0.29, 0.717) is 30.2 Å². The monoisotopic (exact) mass is 824 g/mol. The summed E-state index contributed by atoms with van der Waals surface area (Å²) in [6.45, 7) is 9.36. The van der Waals surface area contributed by atoms with Crippen molar-refractivity contribution in [2.24, 2.45) is 5.92 Å². The van der Waals surface area contributed by atoms with E-state index in [1.807, 2.05) is 68.5 Å². The number of nitrogens with one attached hydrogen (secondary N) is 3. The van der Waals surface area contributed by atoms with Crippen molar-refractivity contribution in [3.05, 3.63) is 64.8 Å². The molecule has 3 aromatic rings. The highest BCUT2D eigenvalue weighted by molar-refractivity contribution is 6.30. The van der Waals surface area contributed by atoms with Crippen LogP contribution >= 0.6 is 11.6 Å². The van der Waals surface area contributed by atoms with Gasteiger partial charge in [0.15, 0.2) is 0 Å². The van der Waals surface area contributed by atoms with Crippen LogP contribution in [-0.2, 0) is 20.8 Å². The first-order valence-electron chi connectivity index (χ1n) is 17.5. The summed E-state index contributed by atoms with van der Waals surface area (Å²) in [6.07, 6.45) is -2.28. The lowest BCUT2D eigenvalue weighted by Gasteiger charge is -2.38. The molecule has 3 atom stereocenters. The first-order chi connectivity index (χ1) is 26.0. The number of carboxylic acids is 1. The average Bonchev–Trinajstić information content (AvgIpc) is 3.51. The van der Waals surface area contributed by atoms with Gasteiger partial charge in [-0.15, -0.1) is 0 Å². The van der Waals surface area contributed by atoms with Gasteiger partial charge in [0, 0.05) is 72.0 Å². The van der Waals surface area contributed by atoms with Crippen LogP contribution in [0.1, 0.15) is 51.7 Å². The molecule has 0 bridgehead atoms.